The monoisotopic (exact) mass is 493 g/mol. The zero-order valence-electron chi connectivity index (χ0n) is 17.6. The Bertz CT molecular complexity index is 1250. The molecular weight excluding hydrogens is 472 g/mol. The summed E-state index contributed by atoms with van der Waals surface area (Å²) in [5.41, 5.74) is 2.36. The molecule has 0 bridgehead atoms. The highest BCUT2D eigenvalue weighted by Crippen LogP contribution is 2.42. The molecule has 0 aromatic heterocycles. The summed E-state index contributed by atoms with van der Waals surface area (Å²) in [4.78, 5) is 1.90. The molecule has 0 fully saturated rings. The second-order valence-electron chi connectivity index (χ2n) is 8.07. The topological polar surface area (TPSA) is 46.6 Å². The maximum atomic E-state index is 15.0. The first kappa shape index (κ1) is 23.1. The van der Waals surface area contributed by atoms with Crippen LogP contribution in [-0.2, 0) is 22.0 Å². The minimum atomic E-state index is -3.70. The fourth-order valence-electron chi connectivity index (χ4n) is 4.00. The number of ether oxygens (including phenoxy) is 1. The Hall–Kier alpha value is -2.12. The van der Waals surface area contributed by atoms with Gasteiger partial charge >= 0.3 is 0 Å². The summed E-state index contributed by atoms with van der Waals surface area (Å²) in [6.07, 6.45) is 0.131. The first-order valence-corrected chi connectivity index (χ1v) is 12.4. The molecule has 0 amide bonds. The Morgan fingerprint density at radius 2 is 1.78 bits per heavy atom. The van der Waals surface area contributed by atoms with Gasteiger partial charge in [0.15, 0.2) is 21.4 Å². The quantitative estimate of drug-likeness (QED) is 0.440. The van der Waals surface area contributed by atoms with E-state index < -0.39 is 21.8 Å². The zero-order chi connectivity index (χ0) is 23.0. The third-order valence-corrected chi connectivity index (χ3v) is 7.88. The van der Waals surface area contributed by atoms with Gasteiger partial charge in [0.25, 0.3) is 0 Å². The molecule has 1 aliphatic rings. The highest BCUT2D eigenvalue weighted by Gasteiger charge is 2.38. The standard InChI is InChI=1S/C24H22Cl2FNO3S/c1-28(2)22-13-18-19(10-16(25)11-20(18)26)24(22)31-23-9-8-17(12-21(23)27)32(29,30)14-15-6-4-3-5-7-15/h3-12,22,24H,13-14H2,1-2H3/t22-,24-/m0/s1. The molecule has 4 rings (SSSR count). The highest BCUT2D eigenvalue weighted by molar-refractivity contribution is 7.90. The van der Waals surface area contributed by atoms with Gasteiger partial charge in [0.1, 0.15) is 6.10 Å². The molecule has 0 heterocycles. The fraction of sp³-hybridized carbons (Fsp3) is 0.250. The zero-order valence-corrected chi connectivity index (χ0v) is 19.9. The molecule has 0 saturated carbocycles. The van der Waals surface area contributed by atoms with Crippen molar-refractivity contribution in [2.24, 2.45) is 0 Å². The van der Waals surface area contributed by atoms with Crippen molar-refractivity contribution in [2.75, 3.05) is 14.1 Å². The van der Waals surface area contributed by atoms with Crippen LogP contribution in [-0.4, -0.2) is 33.5 Å². The molecule has 0 radical (unpaired) electrons. The number of rotatable bonds is 6. The van der Waals surface area contributed by atoms with E-state index >= 15 is 0 Å². The maximum Gasteiger partial charge on any atom is 0.182 e. The normalized spacial score (nSPS) is 18.1. The largest absolute Gasteiger partial charge is 0.481 e. The van der Waals surface area contributed by atoms with Crippen molar-refractivity contribution in [3.63, 3.8) is 0 Å². The summed E-state index contributed by atoms with van der Waals surface area (Å²) >= 11 is 12.6. The van der Waals surface area contributed by atoms with Crippen LogP contribution in [0.2, 0.25) is 10.0 Å². The number of halogens is 3. The summed E-state index contributed by atoms with van der Waals surface area (Å²) in [6.45, 7) is 0. The number of hydrogen-bond acceptors (Lipinski definition) is 4. The van der Waals surface area contributed by atoms with Crippen LogP contribution in [0, 0.1) is 5.82 Å². The first-order valence-electron chi connectivity index (χ1n) is 10.0. The molecule has 4 nitrogen and oxygen atoms in total. The number of likely N-dealkylation sites (N-methyl/N-ethyl adjacent to an activating group) is 1. The minimum Gasteiger partial charge on any atom is -0.481 e. The van der Waals surface area contributed by atoms with Gasteiger partial charge in [-0.2, -0.15) is 0 Å². The number of hydrogen-bond donors (Lipinski definition) is 0. The van der Waals surface area contributed by atoms with Crippen molar-refractivity contribution in [2.45, 2.75) is 29.2 Å². The van der Waals surface area contributed by atoms with Crippen molar-refractivity contribution < 1.29 is 17.5 Å². The van der Waals surface area contributed by atoms with E-state index in [1.165, 1.54) is 12.1 Å². The van der Waals surface area contributed by atoms with Gasteiger partial charge in [0.05, 0.1) is 16.7 Å². The molecule has 1 aliphatic carbocycles. The average molecular weight is 494 g/mol. The lowest BCUT2D eigenvalue weighted by Gasteiger charge is -2.27. The Kier molecular flexibility index (Phi) is 6.50. The molecular formula is C24H22Cl2FNO3S. The van der Waals surface area contributed by atoms with Gasteiger partial charge in [-0.15, -0.1) is 0 Å². The molecule has 0 spiro atoms. The summed E-state index contributed by atoms with van der Waals surface area (Å²) in [6, 6.07) is 15.9. The Morgan fingerprint density at radius 1 is 1.06 bits per heavy atom. The van der Waals surface area contributed by atoms with Gasteiger partial charge in [-0.1, -0.05) is 53.5 Å². The Balaban J connectivity index is 1.63. The molecule has 3 aromatic carbocycles. The smallest absolute Gasteiger partial charge is 0.182 e. The van der Waals surface area contributed by atoms with Gasteiger partial charge in [0.2, 0.25) is 0 Å². The summed E-state index contributed by atoms with van der Waals surface area (Å²) in [7, 11) is 0.127. The lowest BCUT2D eigenvalue weighted by atomic mass is 10.1. The van der Waals surface area contributed by atoms with E-state index in [0.717, 1.165) is 17.2 Å². The lowest BCUT2D eigenvalue weighted by Crippen LogP contribution is -2.34. The average Bonchev–Trinajstić information content (AvgIpc) is 3.09. The van der Waals surface area contributed by atoms with Crippen molar-refractivity contribution in [3.05, 3.63) is 93.2 Å². The van der Waals surface area contributed by atoms with Gasteiger partial charge in [0, 0.05) is 15.6 Å². The van der Waals surface area contributed by atoms with Crippen LogP contribution in [0.5, 0.6) is 5.75 Å². The molecule has 0 N–H and O–H groups in total. The van der Waals surface area contributed by atoms with E-state index in [-0.39, 0.29) is 22.4 Å². The van der Waals surface area contributed by atoms with Crippen LogP contribution < -0.4 is 4.74 Å². The number of sulfone groups is 1. The van der Waals surface area contributed by atoms with E-state index in [9.17, 15) is 12.8 Å². The van der Waals surface area contributed by atoms with E-state index in [1.54, 1.807) is 36.4 Å². The first-order chi connectivity index (χ1) is 15.2. The molecule has 32 heavy (non-hydrogen) atoms. The van der Waals surface area contributed by atoms with Crippen molar-refractivity contribution in [3.8, 4) is 5.75 Å². The van der Waals surface area contributed by atoms with Crippen molar-refractivity contribution >= 4 is 33.0 Å². The molecule has 0 aliphatic heterocycles. The van der Waals surface area contributed by atoms with Gasteiger partial charge in [-0.25, -0.2) is 12.8 Å². The maximum absolute atomic E-state index is 15.0. The fourth-order valence-corrected chi connectivity index (χ4v) is 5.94. The van der Waals surface area contributed by atoms with Crippen LogP contribution in [0.4, 0.5) is 4.39 Å². The van der Waals surface area contributed by atoms with Crippen LogP contribution in [0.15, 0.2) is 65.6 Å². The van der Waals surface area contributed by atoms with E-state index in [0.29, 0.717) is 22.0 Å². The molecule has 8 heteroatoms. The van der Waals surface area contributed by atoms with Crippen LogP contribution in [0.25, 0.3) is 0 Å². The second-order valence-corrected chi connectivity index (χ2v) is 10.9. The number of nitrogens with zero attached hydrogens (tertiary/aromatic N) is 1. The SMILES string of the molecule is CN(C)[C@H]1Cc2c(Cl)cc(Cl)cc2[C@@H]1Oc1ccc(S(=O)(=O)Cc2ccccc2)cc1F. The summed E-state index contributed by atoms with van der Waals surface area (Å²) < 4.78 is 46.5. The third-order valence-electron chi connectivity index (χ3n) is 5.64. The van der Waals surface area contributed by atoms with Crippen molar-refractivity contribution in [1.29, 1.82) is 0 Å². The van der Waals surface area contributed by atoms with Crippen LogP contribution >= 0.6 is 23.2 Å². The molecule has 0 unspecified atom stereocenters. The molecule has 0 saturated heterocycles. The van der Waals surface area contributed by atoms with Gasteiger partial charge in [-0.05, 0) is 62.0 Å². The summed E-state index contributed by atoms with van der Waals surface area (Å²) in [5.74, 6) is -0.967. The van der Waals surface area contributed by atoms with Crippen LogP contribution in [0.3, 0.4) is 0 Å². The second kappa shape index (κ2) is 9.02. The highest BCUT2D eigenvalue weighted by atomic mass is 35.5. The lowest BCUT2D eigenvalue weighted by molar-refractivity contribution is 0.107. The van der Waals surface area contributed by atoms with E-state index in [1.807, 2.05) is 25.1 Å². The van der Waals surface area contributed by atoms with Crippen LogP contribution in [0.1, 0.15) is 22.8 Å². The van der Waals surface area contributed by atoms with E-state index in [2.05, 4.69) is 0 Å². The minimum absolute atomic E-state index is 0.0236. The number of fused-ring (bicyclic) bond motifs is 1. The Labute approximate surface area is 197 Å². The summed E-state index contributed by atoms with van der Waals surface area (Å²) in [5, 5.41) is 1.03. The third kappa shape index (κ3) is 4.64. The van der Waals surface area contributed by atoms with Crippen molar-refractivity contribution in [1.82, 2.24) is 4.90 Å². The number of benzene rings is 3. The van der Waals surface area contributed by atoms with Gasteiger partial charge in [-0.3, -0.25) is 0 Å². The van der Waals surface area contributed by atoms with Gasteiger partial charge < -0.3 is 9.64 Å². The predicted molar refractivity (Wildman–Crippen MR) is 125 cm³/mol. The Morgan fingerprint density at radius 3 is 2.44 bits per heavy atom. The molecule has 168 valence electrons. The predicted octanol–water partition coefficient (Wildman–Crippen LogP) is 5.71. The van der Waals surface area contributed by atoms with E-state index in [4.69, 9.17) is 27.9 Å². The molecule has 3 aromatic rings. The molecule has 2 atom stereocenters.